The first-order valence-electron chi connectivity index (χ1n) is 23.1. The van der Waals surface area contributed by atoms with Gasteiger partial charge in [0.15, 0.2) is 5.65 Å². The second-order valence-corrected chi connectivity index (χ2v) is 33.3. The van der Waals surface area contributed by atoms with Crippen LogP contribution in [0.5, 0.6) is 0 Å². The summed E-state index contributed by atoms with van der Waals surface area (Å²) < 4.78 is 33.0. The van der Waals surface area contributed by atoms with Crippen LogP contribution in [0.1, 0.15) is 104 Å². The van der Waals surface area contributed by atoms with E-state index in [1.54, 1.807) is 11.1 Å². The average molecular weight is 906 g/mol. The lowest BCUT2D eigenvalue weighted by molar-refractivity contribution is 0.00564. The number of aromatic nitrogens is 4. The van der Waals surface area contributed by atoms with Crippen molar-refractivity contribution in [3.05, 3.63) is 42.4 Å². The second kappa shape index (κ2) is 19.2. The Balaban J connectivity index is 1.48. The van der Waals surface area contributed by atoms with Gasteiger partial charge in [-0.15, -0.1) is 0 Å². The predicted molar refractivity (Wildman–Crippen MR) is 256 cm³/mol. The molecule has 2 bridgehead atoms. The number of rotatable bonds is 18. The molecule has 14 nitrogen and oxygen atoms in total. The largest absolute Gasteiger partial charge is 0.494 e. The van der Waals surface area contributed by atoms with Gasteiger partial charge in [0.1, 0.15) is 42.1 Å². The van der Waals surface area contributed by atoms with Crippen molar-refractivity contribution in [3.63, 3.8) is 0 Å². The van der Waals surface area contributed by atoms with Crippen molar-refractivity contribution in [2.45, 2.75) is 174 Å². The van der Waals surface area contributed by atoms with Crippen LogP contribution in [0.15, 0.2) is 31.1 Å². The molecule has 1 saturated carbocycles. The maximum Gasteiger partial charge on any atom is 0.416 e. The van der Waals surface area contributed by atoms with Crippen LogP contribution in [0.4, 0.5) is 21.2 Å². The molecule has 0 spiro atoms. The highest BCUT2D eigenvalue weighted by Crippen LogP contribution is 2.47. The lowest BCUT2D eigenvalue weighted by Crippen LogP contribution is -2.48. The van der Waals surface area contributed by atoms with Crippen molar-refractivity contribution in [1.82, 2.24) is 24.5 Å². The molecule has 3 aromatic heterocycles. The highest BCUT2D eigenvalue weighted by Gasteiger charge is 2.47. The van der Waals surface area contributed by atoms with Gasteiger partial charge in [0.25, 0.3) is 0 Å². The van der Waals surface area contributed by atoms with E-state index in [9.17, 15) is 9.59 Å². The van der Waals surface area contributed by atoms with Crippen LogP contribution in [0.2, 0.25) is 51.4 Å². The first-order valence-corrected chi connectivity index (χ1v) is 30.5. The summed E-state index contributed by atoms with van der Waals surface area (Å²) in [4.78, 5) is 43.2. The lowest BCUT2D eigenvalue weighted by atomic mass is 9.85. The van der Waals surface area contributed by atoms with E-state index in [0.29, 0.717) is 49.9 Å². The third kappa shape index (κ3) is 12.6. The molecule has 3 atom stereocenters. The number of ether oxygens (including phenoxy) is 5. The molecule has 2 aliphatic heterocycles. The van der Waals surface area contributed by atoms with E-state index >= 15 is 0 Å². The molecule has 6 rings (SSSR count). The molecule has 2 amide bonds. The van der Waals surface area contributed by atoms with Crippen molar-refractivity contribution in [2.75, 3.05) is 43.1 Å². The van der Waals surface area contributed by atoms with E-state index < -0.39 is 33.4 Å². The lowest BCUT2D eigenvalue weighted by Gasteiger charge is -2.40. The van der Waals surface area contributed by atoms with Gasteiger partial charge in [-0.2, -0.15) is 9.61 Å². The zero-order valence-electron chi connectivity index (χ0n) is 40.5. The van der Waals surface area contributed by atoms with Crippen molar-refractivity contribution >= 4 is 51.4 Å². The highest BCUT2D eigenvalue weighted by atomic mass is 28.3. The van der Waals surface area contributed by atoms with Gasteiger partial charge in [-0.1, -0.05) is 45.9 Å². The first-order chi connectivity index (χ1) is 29.4. The van der Waals surface area contributed by atoms with Gasteiger partial charge in [-0.05, 0) is 111 Å². The fourth-order valence-corrected chi connectivity index (χ4v) is 9.85. The Morgan fingerprint density at radius 1 is 0.841 bits per heavy atom. The number of amides is 2. The molecule has 0 aromatic carbocycles. The summed E-state index contributed by atoms with van der Waals surface area (Å²) in [5, 5.41) is 5.05. The maximum absolute atomic E-state index is 13.6. The van der Waals surface area contributed by atoms with Crippen LogP contribution in [-0.4, -0.2) is 115 Å². The van der Waals surface area contributed by atoms with E-state index in [4.69, 9.17) is 38.8 Å². The van der Waals surface area contributed by atoms with Crippen LogP contribution in [0.25, 0.3) is 22.5 Å². The summed E-state index contributed by atoms with van der Waals surface area (Å²) in [5.74, 6) is 1.75. The molecule has 348 valence electrons. The van der Waals surface area contributed by atoms with Crippen molar-refractivity contribution in [3.8, 4) is 11.1 Å². The summed E-state index contributed by atoms with van der Waals surface area (Å²) in [5.41, 5.74) is 2.63. The van der Waals surface area contributed by atoms with Gasteiger partial charge in [0.05, 0.1) is 24.1 Å². The Labute approximate surface area is 378 Å². The smallest absolute Gasteiger partial charge is 0.416 e. The molecule has 0 unspecified atom stereocenters. The Kier molecular flexibility index (Phi) is 14.8. The fraction of sp³-hybridized carbons (Fsp3) is 0.681. The van der Waals surface area contributed by atoms with Gasteiger partial charge in [0.2, 0.25) is 0 Å². The van der Waals surface area contributed by atoms with Crippen LogP contribution >= 0.6 is 0 Å². The van der Waals surface area contributed by atoms with Crippen LogP contribution in [-0.2, 0) is 23.7 Å². The third-order valence-corrected chi connectivity index (χ3v) is 15.0. The Bertz CT molecular complexity index is 2040. The number of anilines is 2. The quantitative estimate of drug-likeness (QED) is 0.0523. The molecule has 5 heterocycles. The average Bonchev–Trinajstić information content (AvgIpc) is 3.83. The number of carbonyl (C=O) groups excluding carboxylic acids is 2. The zero-order chi connectivity index (χ0) is 46.1. The Hall–Kier alpha value is -4.00. The Morgan fingerprint density at radius 3 is 1.92 bits per heavy atom. The fourth-order valence-electron chi connectivity index (χ4n) is 8.34. The molecule has 0 N–H and O–H groups in total. The Morgan fingerprint density at radius 2 is 1.43 bits per heavy atom. The molecule has 0 radical (unpaired) electrons. The topological polar surface area (TPSA) is 133 Å². The number of fused-ring (bicyclic) bond motifs is 3. The number of piperidine rings is 1. The molecule has 3 fully saturated rings. The van der Waals surface area contributed by atoms with Gasteiger partial charge in [-0.3, -0.25) is 4.90 Å². The third-order valence-electron chi connectivity index (χ3n) is 11.6. The minimum Gasteiger partial charge on any atom is -0.494 e. The van der Waals surface area contributed by atoms with Crippen molar-refractivity contribution in [1.29, 1.82) is 0 Å². The molecule has 16 heteroatoms. The van der Waals surface area contributed by atoms with Crippen molar-refractivity contribution < 1.29 is 33.3 Å². The van der Waals surface area contributed by atoms with Crippen LogP contribution in [0.3, 0.4) is 0 Å². The highest BCUT2D eigenvalue weighted by molar-refractivity contribution is 6.76. The van der Waals surface area contributed by atoms with Crippen LogP contribution in [0, 0.1) is 0 Å². The molecular weight excluding hydrogens is 831 g/mol. The van der Waals surface area contributed by atoms with E-state index in [-0.39, 0.29) is 43.6 Å². The number of nitrogens with zero attached hydrogens (tertiary/aromatic N) is 7. The number of carbonyl (C=O) groups is 2. The summed E-state index contributed by atoms with van der Waals surface area (Å²) >= 11 is 0. The van der Waals surface area contributed by atoms with E-state index in [1.807, 2.05) is 76.2 Å². The zero-order valence-corrected chi connectivity index (χ0v) is 42.5. The summed E-state index contributed by atoms with van der Waals surface area (Å²) in [6.07, 6.45) is 8.00. The molecular formula is C47H75N7O7Si2. The minimum absolute atomic E-state index is 0.00435. The van der Waals surface area contributed by atoms with Gasteiger partial charge < -0.3 is 33.5 Å². The number of hydrogen-bond donors (Lipinski definition) is 0. The molecule has 1 aliphatic carbocycles. The molecule has 63 heavy (non-hydrogen) atoms. The van der Waals surface area contributed by atoms with Crippen molar-refractivity contribution in [2.24, 2.45) is 0 Å². The SMILES string of the molecule is C=C(OCC)c1c([C@H]2C[C@H]3CC[C@@H](C2)N3C(=O)OC(C)(C)C)nc2c(-c3ccc(N(C(=O)OC(C)(C)C)C4CC4)nc3)cnn2c1N(COCC[Si](C)(C)C)COCC[Si](C)(C)C. The summed E-state index contributed by atoms with van der Waals surface area (Å²) in [7, 11) is -2.76. The number of hydrogen-bond acceptors (Lipinski definition) is 11. The maximum atomic E-state index is 13.6. The van der Waals surface area contributed by atoms with E-state index in [0.717, 1.165) is 66.0 Å². The first kappa shape index (κ1) is 48.5. The molecule has 3 aliphatic rings. The van der Waals surface area contributed by atoms with E-state index in [2.05, 4.69) is 50.8 Å². The minimum atomic E-state index is -1.38. The van der Waals surface area contributed by atoms with Crippen LogP contribution < -0.4 is 9.80 Å². The van der Waals surface area contributed by atoms with Gasteiger partial charge in [0, 0.05) is 70.7 Å². The summed E-state index contributed by atoms with van der Waals surface area (Å²) in [6.45, 7) is 34.2. The monoisotopic (exact) mass is 906 g/mol. The van der Waals surface area contributed by atoms with E-state index in [1.165, 1.54) is 0 Å². The normalized spacial score (nSPS) is 19.3. The number of pyridine rings is 1. The summed E-state index contributed by atoms with van der Waals surface area (Å²) in [6, 6.07) is 5.96. The van der Waals surface area contributed by atoms with Gasteiger partial charge >= 0.3 is 12.2 Å². The second-order valence-electron chi connectivity index (χ2n) is 22.0. The predicted octanol–water partition coefficient (Wildman–Crippen LogP) is 10.8. The van der Waals surface area contributed by atoms with Gasteiger partial charge in [-0.25, -0.2) is 19.6 Å². The molecule has 3 aromatic rings. The molecule has 2 saturated heterocycles. The standard InChI is InChI=1S/C47H75N7O7Si2/c1-15-59-32(2)40-41(34-26-36-19-20-37(27-34)52(36)44(55)60-46(3,4)5)50-42-38(33-16-21-39(48-28-33)53(35-17-18-35)45(56)61-47(6,7)8)29-49-54(42)43(40)51(30-57-22-24-62(9,10)11)31-58-23-25-63(12,13)14/h16,21,28-29,34-37H,2,15,17-20,22-27,30-31H2,1,3-14H3/t34-,36+,37-.